The highest BCUT2D eigenvalue weighted by Gasteiger charge is 2.42. The number of ether oxygens (including phenoxy) is 1. The first-order chi connectivity index (χ1) is 10.8. The van der Waals surface area contributed by atoms with E-state index in [0.29, 0.717) is 5.92 Å². The summed E-state index contributed by atoms with van der Waals surface area (Å²) >= 11 is 0. The standard InChI is InChI=1S/C15H24N2O.C2H2O4/c1-8-11-10(3)15(4,5)18-14(11)13(17(6)7)9(2)12(8)16;3-1(4)2(5)6/h10H,16H2,1-7H3;(H,3,4)(H,5,6). The molecule has 1 aromatic rings. The molecule has 1 heterocycles. The topological polar surface area (TPSA) is 113 Å². The number of carboxylic acids is 2. The number of aliphatic carboxylic acids is 2. The van der Waals surface area contributed by atoms with Gasteiger partial charge in [-0.15, -0.1) is 0 Å². The van der Waals surface area contributed by atoms with Gasteiger partial charge in [0.25, 0.3) is 0 Å². The first-order valence-electron chi connectivity index (χ1n) is 7.58. The van der Waals surface area contributed by atoms with Crippen molar-refractivity contribution < 1.29 is 24.5 Å². The summed E-state index contributed by atoms with van der Waals surface area (Å²) in [6, 6.07) is 0. The lowest BCUT2D eigenvalue weighted by atomic mass is 9.85. The Labute approximate surface area is 142 Å². The van der Waals surface area contributed by atoms with Crippen LogP contribution in [0.2, 0.25) is 0 Å². The molecule has 1 aliphatic heterocycles. The van der Waals surface area contributed by atoms with Gasteiger partial charge < -0.3 is 25.6 Å². The molecular formula is C17H26N2O5. The molecule has 0 saturated heterocycles. The van der Waals surface area contributed by atoms with E-state index in [4.69, 9.17) is 30.3 Å². The van der Waals surface area contributed by atoms with E-state index >= 15 is 0 Å². The second kappa shape index (κ2) is 6.59. The molecule has 134 valence electrons. The van der Waals surface area contributed by atoms with Crippen molar-refractivity contribution in [3.8, 4) is 5.75 Å². The minimum absolute atomic E-state index is 0.169. The summed E-state index contributed by atoms with van der Waals surface area (Å²) in [6.07, 6.45) is 0. The van der Waals surface area contributed by atoms with Gasteiger partial charge >= 0.3 is 11.9 Å². The third-order valence-corrected chi connectivity index (χ3v) is 4.50. The molecule has 0 radical (unpaired) electrons. The number of anilines is 2. The molecule has 0 amide bonds. The van der Waals surface area contributed by atoms with E-state index in [2.05, 4.69) is 39.5 Å². The van der Waals surface area contributed by atoms with Crippen molar-refractivity contribution >= 4 is 23.3 Å². The largest absolute Gasteiger partial charge is 0.485 e. The van der Waals surface area contributed by atoms with E-state index in [1.54, 1.807) is 0 Å². The number of hydrogen-bond acceptors (Lipinski definition) is 5. The van der Waals surface area contributed by atoms with Crippen molar-refractivity contribution in [2.45, 2.75) is 46.1 Å². The van der Waals surface area contributed by atoms with Crippen LogP contribution in [0, 0.1) is 13.8 Å². The van der Waals surface area contributed by atoms with Gasteiger partial charge in [-0.3, -0.25) is 0 Å². The Kier molecular flexibility index (Phi) is 5.38. The van der Waals surface area contributed by atoms with Gasteiger partial charge in [-0.05, 0) is 38.8 Å². The lowest BCUT2D eigenvalue weighted by Gasteiger charge is -2.24. The van der Waals surface area contributed by atoms with Crippen molar-refractivity contribution in [2.24, 2.45) is 0 Å². The predicted octanol–water partition coefficient (Wildman–Crippen LogP) is 2.38. The Bertz CT molecular complexity index is 668. The molecule has 1 unspecified atom stereocenters. The maximum absolute atomic E-state index is 9.10. The molecule has 1 aliphatic rings. The van der Waals surface area contributed by atoms with Crippen LogP contribution in [0.1, 0.15) is 43.4 Å². The van der Waals surface area contributed by atoms with Crippen LogP contribution >= 0.6 is 0 Å². The third kappa shape index (κ3) is 3.39. The molecule has 7 nitrogen and oxygen atoms in total. The third-order valence-electron chi connectivity index (χ3n) is 4.50. The molecule has 0 spiro atoms. The van der Waals surface area contributed by atoms with Gasteiger partial charge in [0.2, 0.25) is 0 Å². The van der Waals surface area contributed by atoms with Crippen LogP contribution in [-0.4, -0.2) is 41.8 Å². The first-order valence-corrected chi connectivity index (χ1v) is 7.58. The Morgan fingerprint density at radius 2 is 1.58 bits per heavy atom. The SMILES string of the molecule is Cc1c(N)c(C)c(N(C)C)c2c1C(C)C(C)(C)O2.O=C(O)C(=O)O. The van der Waals surface area contributed by atoms with Crippen LogP contribution in [0.3, 0.4) is 0 Å². The average molecular weight is 338 g/mol. The normalized spacial score (nSPS) is 17.2. The molecule has 0 saturated carbocycles. The second-order valence-electron chi connectivity index (χ2n) is 6.69. The smallest absolute Gasteiger partial charge is 0.414 e. The minimum atomic E-state index is -1.82. The van der Waals surface area contributed by atoms with E-state index < -0.39 is 11.9 Å². The molecule has 4 N–H and O–H groups in total. The number of hydrogen-bond donors (Lipinski definition) is 3. The summed E-state index contributed by atoms with van der Waals surface area (Å²) in [5.41, 5.74) is 11.7. The Hall–Kier alpha value is -2.44. The molecule has 1 atom stereocenters. The van der Waals surface area contributed by atoms with Crippen LogP contribution in [0.4, 0.5) is 11.4 Å². The number of fused-ring (bicyclic) bond motifs is 1. The maximum Gasteiger partial charge on any atom is 0.414 e. The van der Waals surface area contributed by atoms with Crippen molar-refractivity contribution in [1.29, 1.82) is 0 Å². The van der Waals surface area contributed by atoms with Gasteiger partial charge in [-0.1, -0.05) is 6.92 Å². The van der Waals surface area contributed by atoms with Gasteiger partial charge in [-0.2, -0.15) is 0 Å². The highest BCUT2D eigenvalue weighted by atomic mass is 16.5. The summed E-state index contributed by atoms with van der Waals surface area (Å²) in [5.74, 6) is -2.28. The lowest BCUT2D eigenvalue weighted by molar-refractivity contribution is -0.159. The molecule has 0 fully saturated rings. The van der Waals surface area contributed by atoms with E-state index in [0.717, 1.165) is 22.7 Å². The van der Waals surface area contributed by atoms with Crippen LogP contribution in [-0.2, 0) is 9.59 Å². The highest BCUT2D eigenvalue weighted by molar-refractivity contribution is 6.27. The van der Waals surface area contributed by atoms with Crippen LogP contribution < -0.4 is 15.4 Å². The van der Waals surface area contributed by atoms with Gasteiger partial charge in [0, 0.05) is 31.3 Å². The number of carbonyl (C=O) groups is 2. The summed E-state index contributed by atoms with van der Waals surface area (Å²) in [7, 11) is 4.08. The predicted molar refractivity (Wildman–Crippen MR) is 93.0 cm³/mol. The molecule has 2 rings (SSSR count). The first kappa shape index (κ1) is 19.6. The summed E-state index contributed by atoms with van der Waals surface area (Å²) in [6.45, 7) is 10.7. The Morgan fingerprint density at radius 3 is 1.96 bits per heavy atom. The zero-order valence-electron chi connectivity index (χ0n) is 15.2. The average Bonchev–Trinajstić information content (AvgIpc) is 2.67. The molecule has 24 heavy (non-hydrogen) atoms. The summed E-state index contributed by atoms with van der Waals surface area (Å²) in [4.78, 5) is 20.3. The second-order valence-corrected chi connectivity index (χ2v) is 6.69. The van der Waals surface area contributed by atoms with Gasteiger partial charge in [-0.25, -0.2) is 9.59 Å². The molecule has 0 aliphatic carbocycles. The van der Waals surface area contributed by atoms with Crippen molar-refractivity contribution in [1.82, 2.24) is 0 Å². The number of rotatable bonds is 1. The molecule has 0 bridgehead atoms. The van der Waals surface area contributed by atoms with Crippen LogP contribution in [0.5, 0.6) is 5.75 Å². The van der Waals surface area contributed by atoms with Crippen molar-refractivity contribution in [3.63, 3.8) is 0 Å². The van der Waals surface area contributed by atoms with E-state index in [1.807, 2.05) is 14.1 Å². The fourth-order valence-electron chi connectivity index (χ4n) is 2.88. The van der Waals surface area contributed by atoms with E-state index in [1.165, 1.54) is 11.1 Å². The molecule has 7 heteroatoms. The zero-order chi connectivity index (χ0) is 19.0. The highest BCUT2D eigenvalue weighted by Crippen LogP contribution is 2.53. The summed E-state index contributed by atoms with van der Waals surface area (Å²) < 4.78 is 6.22. The fourth-order valence-corrected chi connectivity index (χ4v) is 2.88. The zero-order valence-corrected chi connectivity index (χ0v) is 15.2. The van der Waals surface area contributed by atoms with Crippen molar-refractivity contribution in [3.05, 3.63) is 16.7 Å². The van der Waals surface area contributed by atoms with Crippen molar-refractivity contribution in [2.75, 3.05) is 24.7 Å². The molecule has 0 aromatic heterocycles. The number of nitrogens with zero attached hydrogens (tertiary/aromatic N) is 1. The van der Waals surface area contributed by atoms with Gasteiger partial charge in [0.05, 0.1) is 5.69 Å². The molecule has 1 aromatic carbocycles. The van der Waals surface area contributed by atoms with Crippen LogP contribution in [0.15, 0.2) is 0 Å². The Balaban J connectivity index is 0.000000413. The number of nitrogens with two attached hydrogens (primary N) is 1. The quantitative estimate of drug-likeness (QED) is 0.532. The molecular weight excluding hydrogens is 312 g/mol. The summed E-state index contributed by atoms with van der Waals surface area (Å²) in [5, 5.41) is 14.8. The number of benzene rings is 1. The lowest BCUT2D eigenvalue weighted by Crippen LogP contribution is -2.28. The Morgan fingerprint density at radius 1 is 1.12 bits per heavy atom. The number of carboxylic acid groups (broad SMARTS) is 2. The number of nitrogen functional groups attached to an aromatic ring is 1. The van der Waals surface area contributed by atoms with Gasteiger partial charge in [0.15, 0.2) is 0 Å². The van der Waals surface area contributed by atoms with E-state index in [-0.39, 0.29) is 5.60 Å². The van der Waals surface area contributed by atoms with Crippen LogP contribution in [0.25, 0.3) is 0 Å². The van der Waals surface area contributed by atoms with E-state index in [9.17, 15) is 0 Å². The fraction of sp³-hybridized carbons (Fsp3) is 0.529. The van der Waals surface area contributed by atoms with Gasteiger partial charge in [0.1, 0.15) is 11.4 Å². The maximum atomic E-state index is 9.10. The monoisotopic (exact) mass is 338 g/mol. The minimum Gasteiger partial charge on any atom is -0.485 e.